The van der Waals surface area contributed by atoms with Crippen LogP contribution in [-0.2, 0) is 0 Å². The van der Waals surface area contributed by atoms with Crippen LogP contribution in [0, 0.1) is 18.3 Å². The molecule has 0 saturated carbocycles. The van der Waals surface area contributed by atoms with E-state index in [9.17, 15) is 0 Å². The highest BCUT2D eigenvalue weighted by Crippen LogP contribution is 2.31. The molecule has 0 aliphatic carbocycles. The van der Waals surface area contributed by atoms with Crippen molar-refractivity contribution in [3.8, 4) is 6.07 Å². The van der Waals surface area contributed by atoms with Gasteiger partial charge in [-0.2, -0.15) is 5.26 Å². The van der Waals surface area contributed by atoms with Crippen molar-refractivity contribution in [2.24, 2.45) is 0 Å². The Bertz CT molecular complexity index is 629. The van der Waals surface area contributed by atoms with E-state index in [1.165, 1.54) is 0 Å². The first-order valence-electron chi connectivity index (χ1n) is 5.43. The van der Waals surface area contributed by atoms with Crippen LogP contribution in [0.25, 0.3) is 0 Å². The highest BCUT2D eigenvalue weighted by molar-refractivity contribution is 9.10. The summed E-state index contributed by atoms with van der Waals surface area (Å²) in [5.41, 5.74) is 9.91. The predicted octanol–water partition coefficient (Wildman–Crippen LogP) is 3.96. The van der Waals surface area contributed by atoms with E-state index in [1.807, 2.05) is 31.2 Å². The van der Waals surface area contributed by atoms with E-state index in [0.717, 1.165) is 21.4 Å². The van der Waals surface area contributed by atoms with Crippen molar-refractivity contribution in [3.63, 3.8) is 0 Å². The van der Waals surface area contributed by atoms with Crippen molar-refractivity contribution in [1.29, 1.82) is 5.26 Å². The van der Waals surface area contributed by atoms with E-state index in [-0.39, 0.29) is 0 Å². The maximum atomic E-state index is 8.79. The quantitative estimate of drug-likeness (QED) is 0.826. The molecule has 0 saturated heterocycles. The van der Waals surface area contributed by atoms with Crippen molar-refractivity contribution in [2.75, 3.05) is 11.1 Å². The SMILES string of the molecule is Cc1cccc(Nc2ccc(C#N)cc2N)c1Br. The normalized spacial score (nSPS) is 9.83. The molecule has 0 unspecified atom stereocenters. The van der Waals surface area contributed by atoms with Crippen molar-refractivity contribution < 1.29 is 0 Å². The van der Waals surface area contributed by atoms with E-state index < -0.39 is 0 Å². The van der Waals surface area contributed by atoms with Gasteiger partial charge in [-0.25, -0.2) is 0 Å². The molecule has 3 nitrogen and oxygen atoms in total. The van der Waals surface area contributed by atoms with Crippen LogP contribution in [0.2, 0.25) is 0 Å². The van der Waals surface area contributed by atoms with Crippen LogP contribution >= 0.6 is 15.9 Å². The van der Waals surface area contributed by atoms with Crippen LogP contribution in [0.3, 0.4) is 0 Å². The molecule has 4 heteroatoms. The molecule has 3 N–H and O–H groups in total. The Labute approximate surface area is 114 Å². The van der Waals surface area contributed by atoms with Gasteiger partial charge >= 0.3 is 0 Å². The van der Waals surface area contributed by atoms with Gasteiger partial charge in [0, 0.05) is 4.47 Å². The van der Waals surface area contributed by atoms with Gasteiger partial charge in [0.05, 0.1) is 28.7 Å². The minimum Gasteiger partial charge on any atom is -0.397 e. The molecule has 0 heterocycles. The minimum atomic E-state index is 0.557. The molecule has 0 aromatic heterocycles. The molecule has 2 rings (SSSR count). The van der Waals surface area contributed by atoms with Gasteiger partial charge < -0.3 is 11.1 Å². The number of nitrogen functional groups attached to an aromatic ring is 1. The van der Waals surface area contributed by atoms with Crippen LogP contribution in [0.4, 0.5) is 17.1 Å². The largest absolute Gasteiger partial charge is 0.397 e. The van der Waals surface area contributed by atoms with E-state index in [4.69, 9.17) is 11.0 Å². The number of nitrogens with zero attached hydrogens (tertiary/aromatic N) is 1. The molecule has 0 amide bonds. The van der Waals surface area contributed by atoms with Crippen LogP contribution in [0.1, 0.15) is 11.1 Å². The molecule has 0 aliphatic heterocycles. The Hall–Kier alpha value is -1.99. The summed E-state index contributed by atoms with van der Waals surface area (Å²) in [6.07, 6.45) is 0. The van der Waals surface area contributed by atoms with Gasteiger partial charge in [-0.05, 0) is 52.7 Å². The molecule has 0 radical (unpaired) electrons. The summed E-state index contributed by atoms with van der Waals surface area (Å²) in [4.78, 5) is 0. The number of anilines is 3. The van der Waals surface area contributed by atoms with Crippen molar-refractivity contribution in [1.82, 2.24) is 0 Å². The van der Waals surface area contributed by atoms with Crippen LogP contribution < -0.4 is 11.1 Å². The van der Waals surface area contributed by atoms with Gasteiger partial charge in [0.2, 0.25) is 0 Å². The molecule has 90 valence electrons. The van der Waals surface area contributed by atoms with Crippen molar-refractivity contribution in [2.45, 2.75) is 6.92 Å². The summed E-state index contributed by atoms with van der Waals surface area (Å²) >= 11 is 3.53. The first kappa shape index (κ1) is 12.5. The monoisotopic (exact) mass is 301 g/mol. The molecule has 0 atom stereocenters. The summed E-state index contributed by atoms with van der Waals surface area (Å²) in [7, 11) is 0. The third-order valence-corrected chi connectivity index (χ3v) is 3.69. The van der Waals surface area contributed by atoms with E-state index >= 15 is 0 Å². The van der Waals surface area contributed by atoms with Gasteiger partial charge in [-0.1, -0.05) is 12.1 Å². The summed E-state index contributed by atoms with van der Waals surface area (Å²) < 4.78 is 1.01. The second-order valence-electron chi connectivity index (χ2n) is 3.98. The first-order chi connectivity index (χ1) is 8.61. The number of nitrogens with two attached hydrogens (primary N) is 1. The lowest BCUT2D eigenvalue weighted by atomic mass is 10.1. The van der Waals surface area contributed by atoms with Gasteiger partial charge in [-0.3, -0.25) is 0 Å². The Kier molecular flexibility index (Phi) is 3.54. The molecule has 0 bridgehead atoms. The zero-order chi connectivity index (χ0) is 13.1. The third-order valence-electron chi connectivity index (χ3n) is 2.64. The van der Waals surface area contributed by atoms with E-state index in [2.05, 4.69) is 27.3 Å². The number of rotatable bonds is 2. The first-order valence-corrected chi connectivity index (χ1v) is 6.23. The second-order valence-corrected chi connectivity index (χ2v) is 4.77. The number of aryl methyl sites for hydroxylation is 1. The minimum absolute atomic E-state index is 0.557. The fourth-order valence-corrected chi connectivity index (χ4v) is 2.00. The van der Waals surface area contributed by atoms with Gasteiger partial charge in [0.15, 0.2) is 0 Å². The molecule has 18 heavy (non-hydrogen) atoms. The van der Waals surface area contributed by atoms with Gasteiger partial charge in [0.1, 0.15) is 0 Å². The highest BCUT2D eigenvalue weighted by Gasteiger charge is 2.05. The predicted molar refractivity (Wildman–Crippen MR) is 77.7 cm³/mol. The molecular formula is C14H12BrN3. The Morgan fingerprint density at radius 2 is 2.00 bits per heavy atom. The fraction of sp³-hybridized carbons (Fsp3) is 0.0714. The lowest BCUT2D eigenvalue weighted by Crippen LogP contribution is -1.98. The number of nitriles is 1. The highest BCUT2D eigenvalue weighted by atomic mass is 79.9. The topological polar surface area (TPSA) is 61.8 Å². The van der Waals surface area contributed by atoms with Gasteiger partial charge in [-0.15, -0.1) is 0 Å². The lowest BCUT2D eigenvalue weighted by Gasteiger charge is -2.12. The molecular weight excluding hydrogens is 290 g/mol. The van der Waals surface area contributed by atoms with E-state index in [0.29, 0.717) is 11.3 Å². The number of hydrogen-bond acceptors (Lipinski definition) is 3. The maximum Gasteiger partial charge on any atom is 0.0992 e. The smallest absolute Gasteiger partial charge is 0.0992 e. The number of halogens is 1. The average molecular weight is 302 g/mol. The Balaban J connectivity index is 2.35. The molecule has 0 fully saturated rings. The third kappa shape index (κ3) is 2.47. The Morgan fingerprint density at radius 1 is 1.22 bits per heavy atom. The van der Waals surface area contributed by atoms with Crippen molar-refractivity contribution >= 4 is 33.0 Å². The van der Waals surface area contributed by atoms with Crippen LogP contribution in [0.5, 0.6) is 0 Å². The fourth-order valence-electron chi connectivity index (χ4n) is 1.64. The van der Waals surface area contributed by atoms with Crippen LogP contribution in [-0.4, -0.2) is 0 Å². The number of benzene rings is 2. The maximum absolute atomic E-state index is 8.79. The standard InChI is InChI=1S/C14H12BrN3/c1-9-3-2-4-13(14(9)15)18-12-6-5-10(8-16)7-11(12)17/h2-7,18H,17H2,1H3. The molecule has 0 spiro atoms. The van der Waals surface area contributed by atoms with Crippen molar-refractivity contribution in [3.05, 3.63) is 52.0 Å². The zero-order valence-electron chi connectivity index (χ0n) is 9.87. The van der Waals surface area contributed by atoms with Gasteiger partial charge in [0.25, 0.3) is 0 Å². The van der Waals surface area contributed by atoms with Crippen LogP contribution in [0.15, 0.2) is 40.9 Å². The lowest BCUT2D eigenvalue weighted by molar-refractivity contribution is 1.41. The summed E-state index contributed by atoms with van der Waals surface area (Å²) in [6.45, 7) is 2.03. The Morgan fingerprint density at radius 3 is 2.67 bits per heavy atom. The molecule has 2 aromatic carbocycles. The average Bonchev–Trinajstić information content (AvgIpc) is 2.37. The molecule has 0 aliphatic rings. The number of hydrogen-bond donors (Lipinski definition) is 2. The summed E-state index contributed by atoms with van der Waals surface area (Å²) in [5, 5.41) is 12.0. The van der Waals surface area contributed by atoms with E-state index in [1.54, 1.807) is 12.1 Å². The molecule has 2 aromatic rings. The second kappa shape index (κ2) is 5.11. The summed E-state index contributed by atoms with van der Waals surface area (Å²) in [6, 6.07) is 13.2. The zero-order valence-corrected chi connectivity index (χ0v) is 11.5. The summed E-state index contributed by atoms with van der Waals surface area (Å²) in [5.74, 6) is 0. The number of nitrogens with one attached hydrogen (secondary N) is 1.